The Kier molecular flexibility index (Phi) is 2.98. The average Bonchev–Trinajstić information content (AvgIpc) is 2.56. The summed E-state index contributed by atoms with van der Waals surface area (Å²) >= 11 is 6.57. The average molecular weight is 318 g/mol. The van der Waals surface area contributed by atoms with Gasteiger partial charge in [0, 0.05) is 26.8 Å². The van der Waals surface area contributed by atoms with Crippen LogP contribution in [0.3, 0.4) is 0 Å². The molecule has 0 saturated carbocycles. The molecule has 14 heavy (non-hydrogen) atoms. The van der Waals surface area contributed by atoms with Crippen molar-refractivity contribution in [3.05, 3.63) is 44.9 Å². The number of nitrogens with zero attached hydrogens (tertiary/aromatic N) is 2. The van der Waals surface area contributed by atoms with E-state index < -0.39 is 0 Å². The molecule has 0 aliphatic carbocycles. The fraction of sp³-hybridized carbons (Fsp3) is 0.111. The van der Waals surface area contributed by atoms with E-state index in [2.05, 4.69) is 42.0 Å². The quantitative estimate of drug-likeness (QED) is 0.854. The monoisotopic (exact) mass is 316 g/mol. The van der Waals surface area contributed by atoms with Gasteiger partial charge in [-0.2, -0.15) is 4.98 Å². The minimum atomic E-state index is 0.416. The number of hydrogen-bond acceptors (Lipinski definition) is 3. The van der Waals surface area contributed by atoms with E-state index in [4.69, 9.17) is 4.52 Å². The molecular formula is C9H6Br2N2O. The minimum absolute atomic E-state index is 0.416. The molecule has 0 aliphatic heterocycles. The van der Waals surface area contributed by atoms with Crippen LogP contribution < -0.4 is 0 Å². The molecule has 0 atom stereocenters. The van der Waals surface area contributed by atoms with Gasteiger partial charge < -0.3 is 4.52 Å². The van der Waals surface area contributed by atoms with Crippen molar-refractivity contribution >= 4 is 31.9 Å². The zero-order valence-corrected chi connectivity index (χ0v) is 10.2. The van der Waals surface area contributed by atoms with E-state index in [-0.39, 0.29) is 0 Å². The van der Waals surface area contributed by atoms with Crippen LogP contribution in [-0.4, -0.2) is 10.1 Å². The SMILES string of the molecule is Brc1nc(Cc2ccccc2Br)no1. The molecule has 2 aromatic rings. The molecule has 2 rings (SSSR count). The van der Waals surface area contributed by atoms with Crippen LogP contribution >= 0.6 is 31.9 Å². The van der Waals surface area contributed by atoms with E-state index in [1.165, 1.54) is 0 Å². The first-order valence-electron chi connectivity index (χ1n) is 3.97. The van der Waals surface area contributed by atoms with Gasteiger partial charge in [-0.05, 0) is 11.6 Å². The lowest BCUT2D eigenvalue weighted by Gasteiger charge is -1.98. The van der Waals surface area contributed by atoms with E-state index in [9.17, 15) is 0 Å². The first-order chi connectivity index (χ1) is 6.75. The molecule has 0 N–H and O–H groups in total. The zero-order valence-electron chi connectivity index (χ0n) is 7.08. The van der Waals surface area contributed by atoms with Crippen LogP contribution in [0.5, 0.6) is 0 Å². The fourth-order valence-electron chi connectivity index (χ4n) is 1.12. The van der Waals surface area contributed by atoms with E-state index in [0.29, 0.717) is 17.0 Å². The largest absolute Gasteiger partial charge is 0.327 e. The van der Waals surface area contributed by atoms with Crippen LogP contribution in [0.2, 0.25) is 0 Å². The number of halogens is 2. The highest BCUT2D eigenvalue weighted by molar-refractivity contribution is 9.10. The molecule has 72 valence electrons. The molecule has 5 heteroatoms. The summed E-state index contributed by atoms with van der Waals surface area (Å²) in [5.41, 5.74) is 1.14. The third-order valence-corrected chi connectivity index (χ3v) is 2.85. The lowest BCUT2D eigenvalue weighted by atomic mass is 10.1. The normalized spacial score (nSPS) is 10.4. The van der Waals surface area contributed by atoms with Crippen LogP contribution in [0.25, 0.3) is 0 Å². The van der Waals surface area contributed by atoms with Gasteiger partial charge in [0.2, 0.25) is 0 Å². The molecule has 0 fully saturated rings. The second-order valence-electron chi connectivity index (χ2n) is 2.73. The van der Waals surface area contributed by atoms with Gasteiger partial charge in [0.15, 0.2) is 5.82 Å². The van der Waals surface area contributed by atoms with Crippen molar-refractivity contribution in [1.29, 1.82) is 0 Å². The number of rotatable bonds is 2. The Morgan fingerprint density at radius 2 is 2.00 bits per heavy atom. The standard InChI is InChI=1S/C9H6Br2N2O/c10-7-4-2-1-3-6(7)5-8-12-9(11)14-13-8/h1-4H,5H2. The number of hydrogen-bond donors (Lipinski definition) is 0. The first-order valence-corrected chi connectivity index (χ1v) is 5.56. The molecule has 0 amide bonds. The second-order valence-corrected chi connectivity index (χ2v) is 4.26. The van der Waals surface area contributed by atoms with Gasteiger partial charge in [0.1, 0.15) is 0 Å². The molecule has 1 heterocycles. The Bertz CT molecular complexity index is 442. The molecule has 1 aromatic heterocycles. The Morgan fingerprint density at radius 3 is 2.64 bits per heavy atom. The van der Waals surface area contributed by atoms with Crippen molar-refractivity contribution in [1.82, 2.24) is 10.1 Å². The third kappa shape index (κ3) is 2.22. The van der Waals surface area contributed by atoms with Crippen molar-refractivity contribution in [2.45, 2.75) is 6.42 Å². The molecule has 1 aromatic carbocycles. The Labute approximate surface area is 97.8 Å². The van der Waals surface area contributed by atoms with Crippen LogP contribution in [0, 0.1) is 0 Å². The third-order valence-electron chi connectivity index (χ3n) is 1.75. The smallest absolute Gasteiger partial charge is 0.293 e. The van der Waals surface area contributed by atoms with Gasteiger partial charge in [-0.3, -0.25) is 0 Å². The van der Waals surface area contributed by atoms with Gasteiger partial charge >= 0.3 is 0 Å². The zero-order chi connectivity index (χ0) is 9.97. The maximum Gasteiger partial charge on any atom is 0.293 e. The van der Waals surface area contributed by atoms with Crippen molar-refractivity contribution in [3.8, 4) is 0 Å². The highest BCUT2D eigenvalue weighted by Crippen LogP contribution is 2.18. The molecule has 0 bridgehead atoms. The second kappa shape index (κ2) is 4.23. The van der Waals surface area contributed by atoms with E-state index in [1.54, 1.807) is 0 Å². The number of benzene rings is 1. The van der Waals surface area contributed by atoms with Crippen LogP contribution in [-0.2, 0) is 6.42 Å². The van der Waals surface area contributed by atoms with Crippen LogP contribution in [0.4, 0.5) is 0 Å². The highest BCUT2D eigenvalue weighted by Gasteiger charge is 2.06. The van der Waals surface area contributed by atoms with Crippen molar-refractivity contribution in [2.75, 3.05) is 0 Å². The van der Waals surface area contributed by atoms with Gasteiger partial charge in [0.05, 0.1) is 0 Å². The summed E-state index contributed by atoms with van der Waals surface area (Å²) in [4.78, 5) is 4.48. The maximum absolute atomic E-state index is 4.82. The predicted octanol–water partition coefficient (Wildman–Crippen LogP) is 3.19. The lowest BCUT2D eigenvalue weighted by molar-refractivity contribution is 0.391. The van der Waals surface area contributed by atoms with Crippen LogP contribution in [0.1, 0.15) is 11.4 Å². The summed E-state index contributed by atoms with van der Waals surface area (Å²) in [6.45, 7) is 0. The number of aromatic nitrogens is 2. The van der Waals surface area contributed by atoms with Gasteiger partial charge in [-0.25, -0.2) is 0 Å². The summed E-state index contributed by atoms with van der Waals surface area (Å²) in [5, 5.41) is 3.80. The summed E-state index contributed by atoms with van der Waals surface area (Å²) in [6, 6.07) is 7.97. The summed E-state index contributed by atoms with van der Waals surface area (Å²) in [6.07, 6.45) is 0.663. The Hall–Kier alpha value is -0.680. The molecule has 0 unspecified atom stereocenters. The minimum Gasteiger partial charge on any atom is -0.327 e. The van der Waals surface area contributed by atoms with E-state index in [0.717, 1.165) is 10.0 Å². The molecule has 0 saturated heterocycles. The summed E-state index contributed by atoms with van der Waals surface area (Å²) in [7, 11) is 0. The van der Waals surface area contributed by atoms with Crippen molar-refractivity contribution in [3.63, 3.8) is 0 Å². The summed E-state index contributed by atoms with van der Waals surface area (Å²) < 4.78 is 5.87. The van der Waals surface area contributed by atoms with Crippen molar-refractivity contribution in [2.24, 2.45) is 0 Å². The molecule has 0 spiro atoms. The van der Waals surface area contributed by atoms with E-state index in [1.807, 2.05) is 24.3 Å². The van der Waals surface area contributed by atoms with Crippen LogP contribution in [0.15, 0.2) is 38.1 Å². The molecule has 0 radical (unpaired) electrons. The first kappa shape index (κ1) is 9.86. The Morgan fingerprint density at radius 1 is 1.21 bits per heavy atom. The predicted molar refractivity (Wildman–Crippen MR) is 58.9 cm³/mol. The maximum atomic E-state index is 4.82. The fourth-order valence-corrected chi connectivity index (χ4v) is 1.82. The Balaban J connectivity index is 2.23. The molecule has 0 aliphatic rings. The molecular weight excluding hydrogens is 312 g/mol. The summed E-state index contributed by atoms with van der Waals surface area (Å²) in [5.74, 6) is 0.670. The van der Waals surface area contributed by atoms with Gasteiger partial charge in [-0.1, -0.05) is 39.3 Å². The van der Waals surface area contributed by atoms with Crippen molar-refractivity contribution < 1.29 is 4.52 Å². The highest BCUT2D eigenvalue weighted by atomic mass is 79.9. The van der Waals surface area contributed by atoms with Gasteiger partial charge in [0.25, 0.3) is 4.80 Å². The van der Waals surface area contributed by atoms with Gasteiger partial charge in [-0.15, -0.1) is 0 Å². The topological polar surface area (TPSA) is 38.9 Å². The van der Waals surface area contributed by atoms with E-state index >= 15 is 0 Å². The molecule has 3 nitrogen and oxygen atoms in total. The lowest BCUT2D eigenvalue weighted by Crippen LogP contribution is -1.91.